The molecule has 0 spiro atoms. The molecule has 2 fully saturated rings. The fraction of sp³-hybridized carbons (Fsp3) is 0.778. The third-order valence-corrected chi connectivity index (χ3v) is 4.89. The number of ether oxygens (including phenoxy) is 1. The second-order valence-corrected chi connectivity index (χ2v) is 8.31. The van der Waals surface area contributed by atoms with Crippen LogP contribution < -0.4 is 10.2 Å². The van der Waals surface area contributed by atoms with E-state index in [1.54, 1.807) is 0 Å². The van der Waals surface area contributed by atoms with Crippen molar-refractivity contribution in [1.82, 2.24) is 15.5 Å². The van der Waals surface area contributed by atoms with Crippen molar-refractivity contribution in [3.63, 3.8) is 0 Å². The van der Waals surface area contributed by atoms with E-state index in [9.17, 15) is 5.11 Å². The van der Waals surface area contributed by atoms with E-state index in [4.69, 9.17) is 4.74 Å². The third-order valence-electron chi connectivity index (χ3n) is 4.89. The zero-order valence-corrected chi connectivity index (χ0v) is 15.1. The lowest BCUT2D eigenvalue weighted by Gasteiger charge is -2.41. The lowest BCUT2D eigenvalue weighted by atomic mass is 9.92. The highest BCUT2D eigenvalue weighted by atomic mass is 16.5. The smallest absolute Gasteiger partial charge is 0.151 e. The average molecular weight is 334 g/mol. The van der Waals surface area contributed by atoms with Gasteiger partial charge >= 0.3 is 0 Å². The highest BCUT2D eigenvalue weighted by Crippen LogP contribution is 2.25. The van der Waals surface area contributed by atoms with Gasteiger partial charge in [0.15, 0.2) is 5.82 Å². The van der Waals surface area contributed by atoms with E-state index in [2.05, 4.69) is 53.3 Å². The minimum atomic E-state index is -0.685. The van der Waals surface area contributed by atoms with Gasteiger partial charge in [-0.15, -0.1) is 5.10 Å². The van der Waals surface area contributed by atoms with Gasteiger partial charge in [0, 0.05) is 44.1 Å². The Morgan fingerprint density at radius 2 is 2.12 bits per heavy atom. The molecule has 2 aliphatic heterocycles. The normalized spacial score (nSPS) is 25.6. The van der Waals surface area contributed by atoms with Crippen LogP contribution in [0.4, 0.5) is 5.82 Å². The van der Waals surface area contributed by atoms with Crippen LogP contribution in [0.15, 0.2) is 12.1 Å². The minimum absolute atomic E-state index is 0.0377. The van der Waals surface area contributed by atoms with Crippen molar-refractivity contribution < 1.29 is 9.84 Å². The highest BCUT2D eigenvalue weighted by molar-refractivity contribution is 5.41. The van der Waals surface area contributed by atoms with Crippen LogP contribution in [0.2, 0.25) is 0 Å². The summed E-state index contributed by atoms with van der Waals surface area (Å²) in [6.45, 7) is 11.2. The summed E-state index contributed by atoms with van der Waals surface area (Å²) in [4.78, 5) is 2.25. The van der Waals surface area contributed by atoms with Crippen LogP contribution in [0, 0.1) is 5.92 Å². The van der Waals surface area contributed by atoms with Crippen molar-refractivity contribution >= 4 is 5.82 Å². The fourth-order valence-corrected chi connectivity index (χ4v) is 3.27. The summed E-state index contributed by atoms with van der Waals surface area (Å²) in [6, 6.07) is 4.14. The van der Waals surface area contributed by atoms with Gasteiger partial charge in [0.1, 0.15) is 5.60 Å². The molecule has 0 aliphatic carbocycles. The number of nitrogens with zero attached hydrogens (tertiary/aromatic N) is 3. The Bertz CT molecular complexity index is 529. The minimum Gasteiger partial charge on any atom is -0.386 e. The zero-order chi connectivity index (χ0) is 17.2. The number of hydrogen-bond donors (Lipinski definition) is 2. The van der Waals surface area contributed by atoms with Crippen LogP contribution in [-0.4, -0.2) is 60.3 Å². The van der Waals surface area contributed by atoms with Gasteiger partial charge in [-0.3, -0.25) is 0 Å². The van der Waals surface area contributed by atoms with Crippen LogP contribution >= 0.6 is 0 Å². The molecular weight excluding hydrogens is 304 g/mol. The maximum atomic E-state index is 10.4. The Morgan fingerprint density at radius 3 is 2.71 bits per heavy atom. The molecule has 3 heterocycles. The van der Waals surface area contributed by atoms with Gasteiger partial charge in [0.05, 0.1) is 12.3 Å². The number of hydrogen-bond acceptors (Lipinski definition) is 6. The van der Waals surface area contributed by atoms with Crippen LogP contribution in [0.25, 0.3) is 0 Å². The van der Waals surface area contributed by atoms with Crippen LogP contribution in [0.1, 0.15) is 39.3 Å². The van der Waals surface area contributed by atoms with E-state index in [-0.39, 0.29) is 5.41 Å². The standard InChI is InChI=1S/C18H30N4O2/c1-17(2,3)15-5-6-16(21-20-15)22-10-14(11-22)9-19-12-18(23)7-4-8-24-13-18/h5-6,14,19,23H,4,7-13H2,1-3H3. The lowest BCUT2D eigenvalue weighted by molar-refractivity contribution is -0.0835. The van der Waals surface area contributed by atoms with Crippen molar-refractivity contribution in [1.29, 1.82) is 0 Å². The van der Waals surface area contributed by atoms with Crippen molar-refractivity contribution in [2.45, 2.75) is 44.6 Å². The maximum Gasteiger partial charge on any atom is 0.151 e. The molecule has 0 amide bonds. The molecule has 1 aromatic rings. The summed E-state index contributed by atoms with van der Waals surface area (Å²) in [6.07, 6.45) is 1.77. The Balaban J connectivity index is 1.39. The van der Waals surface area contributed by atoms with E-state index >= 15 is 0 Å². The largest absolute Gasteiger partial charge is 0.386 e. The lowest BCUT2D eigenvalue weighted by Crippen LogP contribution is -2.54. The number of anilines is 1. The Kier molecular flexibility index (Phi) is 5.08. The van der Waals surface area contributed by atoms with E-state index in [1.807, 2.05) is 0 Å². The van der Waals surface area contributed by atoms with Gasteiger partial charge in [0.25, 0.3) is 0 Å². The van der Waals surface area contributed by atoms with Gasteiger partial charge in [-0.25, -0.2) is 0 Å². The van der Waals surface area contributed by atoms with Gasteiger partial charge in [-0.2, -0.15) is 5.10 Å². The predicted octanol–water partition coefficient (Wildman–Crippen LogP) is 1.34. The summed E-state index contributed by atoms with van der Waals surface area (Å²) in [5, 5.41) is 22.5. The maximum absolute atomic E-state index is 10.4. The number of rotatable bonds is 5. The van der Waals surface area contributed by atoms with Crippen molar-refractivity contribution in [3.05, 3.63) is 17.8 Å². The SMILES string of the molecule is CC(C)(C)c1ccc(N2CC(CNCC3(O)CCCOC3)C2)nn1. The van der Waals surface area contributed by atoms with Crippen LogP contribution in [-0.2, 0) is 10.2 Å². The van der Waals surface area contributed by atoms with E-state index < -0.39 is 5.60 Å². The second-order valence-electron chi connectivity index (χ2n) is 8.31. The van der Waals surface area contributed by atoms with Crippen molar-refractivity contribution in [3.8, 4) is 0 Å². The Hall–Kier alpha value is -1.24. The van der Waals surface area contributed by atoms with Crippen LogP contribution in [0.5, 0.6) is 0 Å². The molecule has 1 unspecified atom stereocenters. The first kappa shape index (κ1) is 17.6. The van der Waals surface area contributed by atoms with Crippen molar-refractivity contribution in [2.75, 3.05) is 44.3 Å². The molecular formula is C18H30N4O2. The topological polar surface area (TPSA) is 70.5 Å². The number of aliphatic hydroxyl groups is 1. The van der Waals surface area contributed by atoms with Gasteiger partial charge in [-0.05, 0) is 25.0 Å². The molecule has 2 saturated heterocycles. The molecule has 3 rings (SSSR count). The number of nitrogens with one attached hydrogen (secondary N) is 1. The molecule has 2 aliphatic rings. The monoisotopic (exact) mass is 334 g/mol. The molecule has 134 valence electrons. The Labute approximate surface area is 144 Å². The highest BCUT2D eigenvalue weighted by Gasteiger charge is 2.32. The second kappa shape index (κ2) is 6.94. The molecule has 6 nitrogen and oxygen atoms in total. The quantitative estimate of drug-likeness (QED) is 0.847. The first-order valence-corrected chi connectivity index (χ1v) is 8.96. The third kappa shape index (κ3) is 4.23. The average Bonchev–Trinajstić information content (AvgIpc) is 2.49. The fourth-order valence-electron chi connectivity index (χ4n) is 3.27. The van der Waals surface area contributed by atoms with Gasteiger partial charge < -0.3 is 20.1 Å². The van der Waals surface area contributed by atoms with Gasteiger partial charge in [0.2, 0.25) is 0 Å². The molecule has 1 atom stereocenters. The summed E-state index contributed by atoms with van der Waals surface area (Å²) in [5.41, 5.74) is 0.374. The molecule has 24 heavy (non-hydrogen) atoms. The van der Waals surface area contributed by atoms with Crippen molar-refractivity contribution in [2.24, 2.45) is 5.92 Å². The molecule has 0 radical (unpaired) electrons. The Morgan fingerprint density at radius 1 is 1.33 bits per heavy atom. The molecule has 0 bridgehead atoms. The molecule has 1 aromatic heterocycles. The van der Waals surface area contributed by atoms with Crippen LogP contribution in [0.3, 0.4) is 0 Å². The summed E-state index contributed by atoms with van der Waals surface area (Å²) < 4.78 is 5.38. The number of aromatic nitrogens is 2. The predicted molar refractivity (Wildman–Crippen MR) is 94.3 cm³/mol. The first-order chi connectivity index (χ1) is 11.4. The molecule has 0 saturated carbocycles. The van der Waals surface area contributed by atoms with E-state index in [0.29, 0.717) is 19.1 Å². The summed E-state index contributed by atoms with van der Waals surface area (Å²) >= 11 is 0. The summed E-state index contributed by atoms with van der Waals surface area (Å²) in [5.74, 6) is 1.56. The zero-order valence-electron chi connectivity index (χ0n) is 15.1. The molecule has 2 N–H and O–H groups in total. The van der Waals surface area contributed by atoms with Gasteiger partial charge in [-0.1, -0.05) is 20.8 Å². The summed E-state index contributed by atoms with van der Waals surface area (Å²) in [7, 11) is 0. The van der Waals surface area contributed by atoms with E-state index in [1.165, 1.54) is 0 Å². The van der Waals surface area contributed by atoms with E-state index in [0.717, 1.165) is 50.6 Å². The first-order valence-electron chi connectivity index (χ1n) is 8.96. The molecule has 6 heteroatoms. The molecule has 0 aromatic carbocycles.